The maximum atomic E-state index is 12.7. The number of carbonyl (C=O) groups excluding carboxylic acids is 3. The lowest BCUT2D eigenvalue weighted by Crippen LogP contribution is -2.32. The van der Waals surface area contributed by atoms with Crippen molar-refractivity contribution in [2.75, 3.05) is 19.0 Å². The van der Waals surface area contributed by atoms with Crippen LogP contribution in [0.1, 0.15) is 33.9 Å². The number of amides is 3. The summed E-state index contributed by atoms with van der Waals surface area (Å²) in [6.45, 7) is -0.196. The van der Waals surface area contributed by atoms with Crippen molar-refractivity contribution in [3.05, 3.63) is 126 Å². The van der Waals surface area contributed by atoms with Crippen LogP contribution in [-0.4, -0.2) is 37.7 Å². The summed E-state index contributed by atoms with van der Waals surface area (Å²) in [6.07, 6.45) is 1.45. The molecule has 4 aromatic rings. The van der Waals surface area contributed by atoms with E-state index in [1.807, 2.05) is 54.6 Å². The first-order chi connectivity index (χ1) is 20.0. The predicted molar refractivity (Wildman–Crippen MR) is 157 cm³/mol. The average molecular weight is 551 g/mol. The molecule has 3 N–H and O–H groups in total. The van der Waals surface area contributed by atoms with Gasteiger partial charge < -0.3 is 20.1 Å². The zero-order valence-electron chi connectivity index (χ0n) is 22.4. The Morgan fingerprint density at radius 2 is 1.46 bits per heavy atom. The summed E-state index contributed by atoms with van der Waals surface area (Å²) in [7, 11) is 1.49. The maximum absolute atomic E-state index is 12.7. The Morgan fingerprint density at radius 3 is 2.15 bits per heavy atom. The minimum absolute atomic E-state index is 0.0128. The van der Waals surface area contributed by atoms with Gasteiger partial charge in [-0.15, -0.1) is 0 Å². The van der Waals surface area contributed by atoms with Gasteiger partial charge >= 0.3 is 0 Å². The second-order valence-electron chi connectivity index (χ2n) is 8.91. The highest BCUT2D eigenvalue weighted by molar-refractivity contribution is 5.95. The molecule has 9 nitrogen and oxygen atoms in total. The van der Waals surface area contributed by atoms with Crippen molar-refractivity contribution >= 4 is 29.6 Å². The molecule has 0 aliphatic carbocycles. The monoisotopic (exact) mass is 550 g/mol. The van der Waals surface area contributed by atoms with Gasteiger partial charge in [-0.3, -0.25) is 14.4 Å². The summed E-state index contributed by atoms with van der Waals surface area (Å²) in [6, 6.07) is 31.7. The fraction of sp³-hybridized carbons (Fsp3) is 0.125. The highest BCUT2D eigenvalue weighted by atomic mass is 16.5. The Hall–Kier alpha value is -5.44. The van der Waals surface area contributed by atoms with Crippen LogP contribution in [0.3, 0.4) is 0 Å². The van der Waals surface area contributed by atoms with Crippen LogP contribution in [0.25, 0.3) is 0 Å². The topological polar surface area (TPSA) is 118 Å². The van der Waals surface area contributed by atoms with Gasteiger partial charge in [0.1, 0.15) is 0 Å². The molecule has 4 rings (SSSR count). The first-order valence-corrected chi connectivity index (χ1v) is 12.9. The zero-order chi connectivity index (χ0) is 28.9. The largest absolute Gasteiger partial charge is 0.493 e. The summed E-state index contributed by atoms with van der Waals surface area (Å²) in [5.41, 5.74) is 5.13. The van der Waals surface area contributed by atoms with E-state index in [2.05, 4.69) is 21.2 Å². The number of hydrogen-bond donors (Lipinski definition) is 3. The van der Waals surface area contributed by atoms with Gasteiger partial charge in [-0.25, -0.2) is 5.43 Å². The fourth-order valence-corrected chi connectivity index (χ4v) is 3.92. The standard InChI is InChI=1S/C32H30N4O5/c1-40-29-19-23(17-18-28(29)41-22-31(38)34-26-15-9-4-10-16-26)21-33-36-30(37)20-27(24-11-5-2-6-12-24)35-32(39)25-13-7-3-8-14-25/h2-19,21,27H,20,22H2,1H3,(H,34,38)(H,35,39)(H,36,37)/b33-21-/t27-/m0/s1. The van der Waals surface area contributed by atoms with Crippen molar-refractivity contribution in [2.24, 2.45) is 5.10 Å². The molecule has 0 spiro atoms. The van der Waals surface area contributed by atoms with E-state index in [9.17, 15) is 14.4 Å². The number of benzene rings is 4. The van der Waals surface area contributed by atoms with Gasteiger partial charge in [0.05, 0.1) is 25.8 Å². The molecule has 0 heterocycles. The average Bonchev–Trinajstić information content (AvgIpc) is 3.01. The minimum atomic E-state index is -0.547. The second-order valence-corrected chi connectivity index (χ2v) is 8.91. The van der Waals surface area contributed by atoms with E-state index in [0.29, 0.717) is 28.3 Å². The molecule has 0 radical (unpaired) electrons. The van der Waals surface area contributed by atoms with Crippen LogP contribution in [0.4, 0.5) is 5.69 Å². The normalized spacial score (nSPS) is 11.3. The van der Waals surface area contributed by atoms with Crippen LogP contribution in [0.15, 0.2) is 114 Å². The minimum Gasteiger partial charge on any atom is -0.493 e. The number of ether oxygens (including phenoxy) is 2. The van der Waals surface area contributed by atoms with E-state index in [1.54, 1.807) is 54.6 Å². The molecule has 0 aliphatic rings. The summed E-state index contributed by atoms with van der Waals surface area (Å²) in [4.78, 5) is 37.7. The molecule has 1 atom stereocenters. The molecule has 0 fully saturated rings. The highest BCUT2D eigenvalue weighted by Crippen LogP contribution is 2.27. The predicted octanol–water partition coefficient (Wildman–Crippen LogP) is 4.72. The third-order valence-corrected chi connectivity index (χ3v) is 5.94. The van der Waals surface area contributed by atoms with Crippen molar-refractivity contribution in [2.45, 2.75) is 12.5 Å². The molecular formula is C32H30N4O5. The van der Waals surface area contributed by atoms with Gasteiger partial charge in [-0.2, -0.15) is 5.10 Å². The molecule has 0 aliphatic heterocycles. The van der Waals surface area contributed by atoms with Gasteiger partial charge in [0.2, 0.25) is 5.91 Å². The second kappa shape index (κ2) is 14.6. The number of nitrogens with one attached hydrogen (secondary N) is 3. The molecule has 0 saturated heterocycles. The maximum Gasteiger partial charge on any atom is 0.262 e. The van der Waals surface area contributed by atoms with Crippen LogP contribution in [-0.2, 0) is 9.59 Å². The lowest BCUT2D eigenvalue weighted by Gasteiger charge is -2.18. The molecule has 0 unspecified atom stereocenters. The molecular weight excluding hydrogens is 520 g/mol. The van der Waals surface area contributed by atoms with Gasteiger partial charge in [0.25, 0.3) is 11.8 Å². The number of nitrogens with zero attached hydrogens (tertiary/aromatic N) is 1. The first-order valence-electron chi connectivity index (χ1n) is 12.9. The quantitative estimate of drug-likeness (QED) is 0.174. The lowest BCUT2D eigenvalue weighted by molar-refractivity contribution is -0.121. The molecule has 3 amide bonds. The number of anilines is 1. The van der Waals surface area contributed by atoms with E-state index in [0.717, 1.165) is 5.56 Å². The number of carbonyl (C=O) groups is 3. The third-order valence-electron chi connectivity index (χ3n) is 5.94. The van der Waals surface area contributed by atoms with Crippen molar-refractivity contribution in [3.8, 4) is 11.5 Å². The molecule has 0 bridgehead atoms. The zero-order valence-corrected chi connectivity index (χ0v) is 22.4. The highest BCUT2D eigenvalue weighted by Gasteiger charge is 2.19. The number of para-hydroxylation sites is 1. The molecule has 4 aromatic carbocycles. The number of rotatable bonds is 12. The van der Waals surface area contributed by atoms with Crippen LogP contribution >= 0.6 is 0 Å². The van der Waals surface area contributed by atoms with Crippen molar-refractivity contribution in [3.63, 3.8) is 0 Å². The van der Waals surface area contributed by atoms with Crippen molar-refractivity contribution < 1.29 is 23.9 Å². The summed E-state index contributed by atoms with van der Waals surface area (Å²) < 4.78 is 11.0. The van der Waals surface area contributed by atoms with E-state index in [1.165, 1.54) is 13.3 Å². The van der Waals surface area contributed by atoms with Crippen LogP contribution in [0.5, 0.6) is 11.5 Å². The van der Waals surface area contributed by atoms with Gasteiger partial charge in [0.15, 0.2) is 18.1 Å². The van der Waals surface area contributed by atoms with E-state index in [4.69, 9.17) is 9.47 Å². The van der Waals surface area contributed by atoms with Crippen molar-refractivity contribution in [1.29, 1.82) is 0 Å². The fourth-order valence-electron chi connectivity index (χ4n) is 3.92. The van der Waals surface area contributed by atoms with E-state index < -0.39 is 6.04 Å². The first kappa shape index (κ1) is 28.6. The summed E-state index contributed by atoms with van der Waals surface area (Å²) in [5, 5.41) is 9.74. The lowest BCUT2D eigenvalue weighted by atomic mass is 10.0. The number of hydrazone groups is 1. The smallest absolute Gasteiger partial charge is 0.262 e. The number of hydrogen-bond acceptors (Lipinski definition) is 6. The van der Waals surface area contributed by atoms with Crippen LogP contribution < -0.4 is 25.5 Å². The Labute approximate surface area is 238 Å². The molecule has 0 aromatic heterocycles. The van der Waals surface area contributed by atoms with Gasteiger partial charge in [0, 0.05) is 11.3 Å². The Bertz CT molecular complexity index is 1480. The van der Waals surface area contributed by atoms with Gasteiger partial charge in [-0.1, -0.05) is 66.7 Å². The Balaban J connectivity index is 1.33. The molecule has 0 saturated carbocycles. The van der Waals surface area contributed by atoms with Crippen LogP contribution in [0.2, 0.25) is 0 Å². The molecule has 41 heavy (non-hydrogen) atoms. The SMILES string of the molecule is COc1cc(/C=N\NC(=O)C[C@H](NC(=O)c2ccccc2)c2ccccc2)ccc1OCC(=O)Nc1ccccc1. The van der Waals surface area contributed by atoms with Gasteiger partial charge in [-0.05, 0) is 53.6 Å². The summed E-state index contributed by atoms with van der Waals surface area (Å²) >= 11 is 0. The molecule has 9 heteroatoms. The summed E-state index contributed by atoms with van der Waals surface area (Å²) in [5.74, 6) is -0.166. The number of methoxy groups -OCH3 is 1. The molecule has 208 valence electrons. The van der Waals surface area contributed by atoms with E-state index >= 15 is 0 Å². The Kier molecular flexibility index (Phi) is 10.2. The van der Waals surface area contributed by atoms with Crippen LogP contribution in [0, 0.1) is 0 Å². The van der Waals surface area contributed by atoms with Crippen molar-refractivity contribution in [1.82, 2.24) is 10.7 Å². The third kappa shape index (κ3) is 8.79. The van der Waals surface area contributed by atoms with E-state index in [-0.39, 0.29) is 30.7 Å². The Morgan fingerprint density at radius 1 is 0.805 bits per heavy atom.